The molecule has 2 saturated heterocycles. The molecule has 0 bridgehead atoms. The van der Waals surface area contributed by atoms with E-state index in [9.17, 15) is 24.3 Å². The fraction of sp³-hybridized carbons (Fsp3) is 0.708. The highest BCUT2D eigenvalue weighted by Gasteiger charge is 2.42. The number of carbonyl (C=O) groups is 2. The highest BCUT2D eigenvalue weighted by atomic mass is 32.2. The molecular weight excluding hydrogens is 498 g/mol. The summed E-state index contributed by atoms with van der Waals surface area (Å²) in [6.45, 7) is 2.44. The first-order chi connectivity index (χ1) is 17.8. The van der Waals surface area contributed by atoms with Gasteiger partial charge in [0.25, 0.3) is 5.56 Å². The van der Waals surface area contributed by atoms with Crippen molar-refractivity contribution in [2.75, 3.05) is 12.3 Å². The lowest BCUT2D eigenvalue weighted by atomic mass is 10.0. The molecule has 2 aromatic heterocycles. The SMILES string of the molecule is CC(O)CCCCn1c(=O)c2c(ncn2C)n(CCNC(=O)CCCCC2SCC3NC(=O)NC32)c1=O. The van der Waals surface area contributed by atoms with E-state index in [2.05, 4.69) is 20.9 Å². The Bertz CT molecular complexity index is 1240. The standard InChI is InChI=1S/C24H37N7O5S/c1-15(32)7-5-6-11-31-22(34)20-21(26-14-29(20)2)30(24(31)36)12-10-25-18(33)9-4-3-8-17-19-16(13-37-17)27-23(35)28-19/h14-17,19,32H,3-13H2,1-2H3,(H,25,33)(H2,27,28,35). The van der Waals surface area contributed by atoms with E-state index in [1.54, 1.807) is 18.5 Å². The number of aliphatic hydroxyl groups excluding tert-OH is 1. The predicted octanol–water partition coefficient (Wildman–Crippen LogP) is 0.290. The number of hydrogen-bond donors (Lipinski definition) is 4. The minimum absolute atomic E-state index is 0.0791. The third-order valence-electron chi connectivity index (χ3n) is 7.07. The first kappa shape index (κ1) is 27.2. The number of nitrogens with zero attached hydrogens (tertiary/aromatic N) is 4. The van der Waals surface area contributed by atoms with Crippen molar-refractivity contribution in [2.24, 2.45) is 7.05 Å². The third kappa shape index (κ3) is 6.38. The lowest BCUT2D eigenvalue weighted by Crippen LogP contribution is -2.42. The van der Waals surface area contributed by atoms with Crippen LogP contribution in [0.15, 0.2) is 15.9 Å². The summed E-state index contributed by atoms with van der Waals surface area (Å²) in [7, 11) is 1.71. The number of rotatable bonds is 13. The van der Waals surface area contributed by atoms with Gasteiger partial charge in [-0.05, 0) is 39.0 Å². The Morgan fingerprint density at radius 3 is 2.78 bits per heavy atom. The molecule has 0 spiro atoms. The minimum Gasteiger partial charge on any atom is -0.393 e. The molecule has 4 N–H and O–H groups in total. The highest BCUT2D eigenvalue weighted by Crippen LogP contribution is 2.33. The van der Waals surface area contributed by atoms with Gasteiger partial charge in [-0.15, -0.1) is 0 Å². The molecule has 0 aromatic carbocycles. The molecule has 0 aliphatic carbocycles. The molecule has 4 atom stereocenters. The number of urea groups is 1. The van der Waals surface area contributed by atoms with E-state index < -0.39 is 11.8 Å². The number of aryl methyl sites for hydroxylation is 1. The van der Waals surface area contributed by atoms with Gasteiger partial charge < -0.3 is 25.6 Å². The summed E-state index contributed by atoms with van der Waals surface area (Å²) in [6.07, 6.45) is 6.01. The molecule has 3 amide bonds. The molecule has 0 radical (unpaired) electrons. The normalized spacial score (nSPS) is 21.6. The van der Waals surface area contributed by atoms with Crippen molar-refractivity contribution in [2.45, 2.75) is 88.4 Å². The number of amides is 3. The van der Waals surface area contributed by atoms with Crippen molar-refractivity contribution in [1.82, 2.24) is 34.6 Å². The van der Waals surface area contributed by atoms with Crippen molar-refractivity contribution in [1.29, 1.82) is 0 Å². The number of fused-ring (bicyclic) bond motifs is 2. The molecule has 0 saturated carbocycles. The van der Waals surface area contributed by atoms with Crippen molar-refractivity contribution in [3.05, 3.63) is 27.2 Å². The lowest BCUT2D eigenvalue weighted by molar-refractivity contribution is -0.121. The van der Waals surface area contributed by atoms with Gasteiger partial charge in [0, 0.05) is 44.1 Å². The zero-order chi connectivity index (χ0) is 26.5. The summed E-state index contributed by atoms with van der Waals surface area (Å²) in [6, 6.07) is 0.293. The number of imidazole rings is 1. The molecule has 2 fully saturated rings. The van der Waals surface area contributed by atoms with Gasteiger partial charge in [-0.25, -0.2) is 14.6 Å². The zero-order valence-corrected chi connectivity index (χ0v) is 22.3. The number of hydrogen-bond acceptors (Lipinski definition) is 7. The van der Waals surface area contributed by atoms with Crippen molar-refractivity contribution in [3.63, 3.8) is 0 Å². The molecule has 2 aliphatic rings. The van der Waals surface area contributed by atoms with E-state index in [0.29, 0.717) is 42.1 Å². The maximum Gasteiger partial charge on any atom is 0.332 e. The van der Waals surface area contributed by atoms with E-state index in [0.717, 1.165) is 25.0 Å². The number of thioether (sulfide) groups is 1. The van der Waals surface area contributed by atoms with Crippen LogP contribution in [0, 0.1) is 0 Å². The third-order valence-corrected chi connectivity index (χ3v) is 8.58. The Hall–Kier alpha value is -2.80. The fourth-order valence-electron chi connectivity index (χ4n) is 5.09. The average molecular weight is 536 g/mol. The lowest BCUT2D eigenvalue weighted by Gasteiger charge is -2.16. The fourth-order valence-corrected chi connectivity index (χ4v) is 6.63. The van der Waals surface area contributed by atoms with Gasteiger partial charge in [0.15, 0.2) is 11.2 Å². The van der Waals surface area contributed by atoms with Crippen LogP contribution in [-0.2, 0) is 24.9 Å². The topological polar surface area (TPSA) is 152 Å². The van der Waals surface area contributed by atoms with Gasteiger partial charge in [-0.1, -0.05) is 6.42 Å². The van der Waals surface area contributed by atoms with Gasteiger partial charge in [-0.2, -0.15) is 11.8 Å². The maximum atomic E-state index is 13.1. The van der Waals surface area contributed by atoms with Crippen LogP contribution in [0.3, 0.4) is 0 Å². The maximum absolute atomic E-state index is 13.1. The second-order valence-electron chi connectivity index (χ2n) is 9.98. The number of nitrogens with one attached hydrogen (secondary N) is 3. The number of aliphatic hydroxyl groups is 1. The Labute approximate surface area is 219 Å². The zero-order valence-electron chi connectivity index (χ0n) is 21.4. The average Bonchev–Trinajstić information content (AvgIpc) is 3.52. The quantitative estimate of drug-likeness (QED) is 0.212. The molecule has 2 aliphatic heterocycles. The summed E-state index contributed by atoms with van der Waals surface area (Å²) < 4.78 is 4.28. The summed E-state index contributed by atoms with van der Waals surface area (Å²) in [5.41, 5.74) is -0.157. The van der Waals surface area contributed by atoms with Crippen LogP contribution < -0.4 is 27.2 Å². The summed E-state index contributed by atoms with van der Waals surface area (Å²) >= 11 is 1.87. The van der Waals surface area contributed by atoms with Gasteiger partial charge in [0.05, 0.1) is 24.5 Å². The first-order valence-electron chi connectivity index (χ1n) is 13.0. The second-order valence-corrected chi connectivity index (χ2v) is 11.3. The number of aromatic nitrogens is 4. The second kappa shape index (κ2) is 12.2. The van der Waals surface area contributed by atoms with E-state index in [4.69, 9.17) is 0 Å². The first-order valence-corrected chi connectivity index (χ1v) is 14.1. The van der Waals surface area contributed by atoms with Crippen LogP contribution >= 0.6 is 11.8 Å². The largest absolute Gasteiger partial charge is 0.393 e. The molecule has 4 heterocycles. The highest BCUT2D eigenvalue weighted by molar-refractivity contribution is 8.00. The van der Waals surface area contributed by atoms with Gasteiger partial charge in [-0.3, -0.25) is 18.7 Å². The van der Waals surface area contributed by atoms with E-state index in [-0.39, 0.29) is 49.2 Å². The Morgan fingerprint density at radius 2 is 2.00 bits per heavy atom. The molecular formula is C24H37N7O5S. The van der Waals surface area contributed by atoms with Gasteiger partial charge >= 0.3 is 11.7 Å². The van der Waals surface area contributed by atoms with Crippen LogP contribution in [0.25, 0.3) is 11.2 Å². The van der Waals surface area contributed by atoms with E-state index >= 15 is 0 Å². The van der Waals surface area contributed by atoms with Crippen molar-refractivity contribution in [3.8, 4) is 0 Å². The van der Waals surface area contributed by atoms with Gasteiger partial charge in [0.2, 0.25) is 5.91 Å². The van der Waals surface area contributed by atoms with Crippen LogP contribution in [0.5, 0.6) is 0 Å². The predicted molar refractivity (Wildman–Crippen MR) is 142 cm³/mol. The molecule has 12 nitrogen and oxygen atoms in total. The minimum atomic E-state index is -0.441. The molecule has 204 valence electrons. The van der Waals surface area contributed by atoms with Crippen molar-refractivity contribution >= 4 is 34.9 Å². The molecule has 13 heteroatoms. The summed E-state index contributed by atoms with van der Waals surface area (Å²) in [5.74, 6) is 0.844. The summed E-state index contributed by atoms with van der Waals surface area (Å²) in [5, 5.41) is 18.6. The van der Waals surface area contributed by atoms with Crippen LogP contribution in [0.4, 0.5) is 4.79 Å². The molecule has 2 aromatic rings. The number of carbonyl (C=O) groups excluding carboxylic acids is 2. The molecule has 37 heavy (non-hydrogen) atoms. The van der Waals surface area contributed by atoms with Crippen LogP contribution in [0.2, 0.25) is 0 Å². The monoisotopic (exact) mass is 535 g/mol. The Morgan fingerprint density at radius 1 is 1.19 bits per heavy atom. The summed E-state index contributed by atoms with van der Waals surface area (Å²) in [4.78, 5) is 54.2. The van der Waals surface area contributed by atoms with Crippen LogP contribution in [0.1, 0.15) is 51.9 Å². The molecule has 4 unspecified atom stereocenters. The van der Waals surface area contributed by atoms with Crippen molar-refractivity contribution < 1.29 is 14.7 Å². The van der Waals surface area contributed by atoms with E-state index in [1.165, 1.54) is 15.5 Å². The van der Waals surface area contributed by atoms with E-state index in [1.807, 2.05) is 11.8 Å². The number of unbranched alkanes of at least 4 members (excludes halogenated alkanes) is 2. The Balaban J connectivity index is 1.27. The molecule has 4 rings (SSSR count). The smallest absolute Gasteiger partial charge is 0.332 e. The van der Waals surface area contributed by atoms with Crippen LogP contribution in [-0.4, -0.2) is 71.5 Å². The van der Waals surface area contributed by atoms with Gasteiger partial charge in [0.1, 0.15) is 0 Å². The Kier molecular flexibility index (Phi) is 8.95.